The summed E-state index contributed by atoms with van der Waals surface area (Å²) in [6, 6.07) is 15.6. The van der Waals surface area contributed by atoms with E-state index in [1.165, 1.54) is 5.56 Å². The first-order valence-corrected chi connectivity index (χ1v) is 10.1. The molecule has 142 valence electrons. The van der Waals surface area contributed by atoms with Crippen molar-refractivity contribution in [2.75, 3.05) is 12.4 Å². The highest BCUT2D eigenvalue weighted by Gasteiger charge is 2.11. The van der Waals surface area contributed by atoms with Crippen LogP contribution in [0.5, 0.6) is 11.5 Å². The molecule has 2 aromatic carbocycles. The number of para-hydroxylation sites is 1. The molecule has 3 rings (SSSR count). The Morgan fingerprint density at radius 1 is 1.07 bits per heavy atom. The summed E-state index contributed by atoms with van der Waals surface area (Å²) in [5.74, 6) is 3.07. The van der Waals surface area contributed by atoms with Crippen LogP contribution in [0.15, 0.2) is 53.7 Å². The van der Waals surface area contributed by atoms with Crippen molar-refractivity contribution < 1.29 is 9.47 Å². The maximum absolute atomic E-state index is 6.10. The summed E-state index contributed by atoms with van der Waals surface area (Å²) in [5.41, 5.74) is 1.27. The van der Waals surface area contributed by atoms with Crippen molar-refractivity contribution in [2.45, 2.75) is 25.1 Å². The Bertz CT molecular complexity index is 885. The number of benzene rings is 2. The molecular formula is C20H22ClN3O2S. The zero-order valence-corrected chi connectivity index (χ0v) is 17.0. The molecule has 0 saturated heterocycles. The van der Waals surface area contributed by atoms with Gasteiger partial charge >= 0.3 is 0 Å². The van der Waals surface area contributed by atoms with Gasteiger partial charge in [-0.05, 0) is 36.2 Å². The van der Waals surface area contributed by atoms with Crippen LogP contribution < -0.4 is 9.47 Å². The molecule has 0 spiro atoms. The molecule has 0 amide bonds. The van der Waals surface area contributed by atoms with Gasteiger partial charge in [-0.1, -0.05) is 54.6 Å². The van der Waals surface area contributed by atoms with Gasteiger partial charge in [-0.2, -0.15) is 0 Å². The lowest BCUT2D eigenvalue weighted by atomic mass is 10.2. The zero-order chi connectivity index (χ0) is 19.1. The van der Waals surface area contributed by atoms with Gasteiger partial charge in [-0.15, -0.1) is 10.2 Å². The molecule has 0 N–H and O–H groups in total. The molecule has 0 aliphatic carbocycles. The highest BCUT2D eigenvalue weighted by atomic mass is 35.5. The van der Waals surface area contributed by atoms with Crippen molar-refractivity contribution in [2.24, 2.45) is 7.05 Å². The first-order chi connectivity index (χ1) is 13.2. The average Bonchev–Trinajstić information content (AvgIpc) is 3.04. The summed E-state index contributed by atoms with van der Waals surface area (Å²) >= 11 is 7.71. The molecule has 0 unspecified atom stereocenters. The van der Waals surface area contributed by atoms with Crippen LogP contribution in [0.3, 0.4) is 0 Å². The van der Waals surface area contributed by atoms with Crippen molar-refractivity contribution in [1.82, 2.24) is 14.8 Å². The average molecular weight is 404 g/mol. The Morgan fingerprint density at radius 3 is 2.74 bits per heavy atom. The number of aromatic nitrogens is 3. The van der Waals surface area contributed by atoms with E-state index in [9.17, 15) is 0 Å². The normalized spacial score (nSPS) is 10.8. The fourth-order valence-corrected chi connectivity index (χ4v) is 3.39. The summed E-state index contributed by atoms with van der Waals surface area (Å²) in [7, 11) is 1.93. The minimum atomic E-state index is 0.314. The van der Waals surface area contributed by atoms with Crippen LogP contribution in [0.1, 0.15) is 18.3 Å². The quantitative estimate of drug-likeness (QED) is 0.380. The van der Waals surface area contributed by atoms with Gasteiger partial charge in [0, 0.05) is 12.8 Å². The third kappa shape index (κ3) is 5.40. The maximum atomic E-state index is 6.10. The monoisotopic (exact) mass is 403 g/mol. The topological polar surface area (TPSA) is 49.2 Å². The lowest BCUT2D eigenvalue weighted by Gasteiger charge is -2.08. The molecule has 0 aliphatic heterocycles. The van der Waals surface area contributed by atoms with Gasteiger partial charge in [0.2, 0.25) is 0 Å². The predicted molar refractivity (Wildman–Crippen MR) is 109 cm³/mol. The predicted octanol–water partition coefficient (Wildman–Crippen LogP) is 4.78. The molecule has 5 nitrogen and oxygen atoms in total. The van der Waals surface area contributed by atoms with Crippen LogP contribution in [0.4, 0.5) is 0 Å². The molecule has 0 saturated carbocycles. The van der Waals surface area contributed by atoms with Gasteiger partial charge in [-0.25, -0.2) is 0 Å². The van der Waals surface area contributed by atoms with E-state index in [1.807, 2.05) is 41.9 Å². The molecule has 0 radical (unpaired) electrons. The van der Waals surface area contributed by atoms with E-state index in [-0.39, 0.29) is 0 Å². The Hall–Kier alpha value is -2.18. The Morgan fingerprint density at radius 2 is 1.93 bits per heavy atom. The third-order valence-corrected chi connectivity index (χ3v) is 5.31. The summed E-state index contributed by atoms with van der Waals surface area (Å²) in [4.78, 5) is 0. The standard InChI is InChI=1S/C20H22ClN3O2S/c1-3-15-7-6-8-16(13-15)25-11-12-27-20-23-22-19(24(20)2)14-26-18-10-5-4-9-17(18)21/h4-10,13H,3,11-12,14H2,1-2H3. The van der Waals surface area contributed by atoms with Gasteiger partial charge < -0.3 is 14.0 Å². The second-order valence-electron chi connectivity index (χ2n) is 5.87. The minimum absolute atomic E-state index is 0.314. The van der Waals surface area contributed by atoms with Crippen molar-refractivity contribution in [3.63, 3.8) is 0 Å². The van der Waals surface area contributed by atoms with E-state index in [0.29, 0.717) is 24.0 Å². The Kier molecular flexibility index (Phi) is 7.01. The highest BCUT2D eigenvalue weighted by molar-refractivity contribution is 7.99. The van der Waals surface area contributed by atoms with E-state index in [0.717, 1.165) is 28.9 Å². The number of halogens is 1. The van der Waals surface area contributed by atoms with Crippen LogP contribution in [-0.4, -0.2) is 27.1 Å². The van der Waals surface area contributed by atoms with Gasteiger partial charge in [0.15, 0.2) is 11.0 Å². The number of hydrogen-bond donors (Lipinski definition) is 0. The summed E-state index contributed by atoms with van der Waals surface area (Å²) in [6.45, 7) is 3.06. The molecule has 0 atom stereocenters. The second-order valence-corrected chi connectivity index (χ2v) is 7.34. The van der Waals surface area contributed by atoms with E-state index < -0.39 is 0 Å². The van der Waals surface area contributed by atoms with Gasteiger partial charge in [0.05, 0.1) is 11.6 Å². The zero-order valence-electron chi connectivity index (χ0n) is 15.4. The highest BCUT2D eigenvalue weighted by Crippen LogP contribution is 2.24. The van der Waals surface area contributed by atoms with E-state index in [1.54, 1.807) is 17.8 Å². The molecule has 7 heteroatoms. The molecule has 1 heterocycles. The number of ether oxygens (including phenoxy) is 2. The molecular weight excluding hydrogens is 382 g/mol. The van der Waals surface area contributed by atoms with Crippen LogP contribution in [0, 0.1) is 0 Å². The first kappa shape index (κ1) is 19.6. The number of hydrogen-bond acceptors (Lipinski definition) is 5. The van der Waals surface area contributed by atoms with Gasteiger partial charge in [0.25, 0.3) is 0 Å². The van der Waals surface area contributed by atoms with E-state index in [4.69, 9.17) is 21.1 Å². The number of nitrogens with zero attached hydrogens (tertiary/aromatic N) is 3. The second kappa shape index (κ2) is 9.67. The van der Waals surface area contributed by atoms with E-state index >= 15 is 0 Å². The fraction of sp³-hybridized carbons (Fsp3) is 0.300. The molecule has 1 aromatic heterocycles. The first-order valence-electron chi connectivity index (χ1n) is 8.77. The lowest BCUT2D eigenvalue weighted by molar-refractivity contribution is 0.290. The van der Waals surface area contributed by atoms with Crippen LogP contribution in [-0.2, 0) is 20.1 Å². The number of rotatable bonds is 9. The molecule has 0 bridgehead atoms. The largest absolute Gasteiger partial charge is 0.493 e. The van der Waals surface area contributed by atoms with E-state index in [2.05, 4.69) is 29.3 Å². The van der Waals surface area contributed by atoms with Crippen molar-refractivity contribution in [1.29, 1.82) is 0 Å². The fourth-order valence-electron chi connectivity index (χ4n) is 2.45. The Balaban J connectivity index is 1.48. The van der Waals surface area contributed by atoms with Crippen molar-refractivity contribution >= 4 is 23.4 Å². The molecule has 0 fully saturated rings. The smallest absolute Gasteiger partial charge is 0.191 e. The van der Waals surface area contributed by atoms with Crippen molar-refractivity contribution in [3.8, 4) is 11.5 Å². The summed E-state index contributed by atoms with van der Waals surface area (Å²) in [6.07, 6.45) is 1.00. The van der Waals surface area contributed by atoms with Crippen LogP contribution >= 0.6 is 23.4 Å². The number of aryl methyl sites for hydroxylation is 1. The van der Waals surface area contributed by atoms with Crippen LogP contribution in [0.25, 0.3) is 0 Å². The van der Waals surface area contributed by atoms with Gasteiger partial charge in [-0.3, -0.25) is 0 Å². The lowest BCUT2D eigenvalue weighted by Crippen LogP contribution is -2.05. The van der Waals surface area contributed by atoms with Crippen LogP contribution in [0.2, 0.25) is 5.02 Å². The Labute approximate surface area is 168 Å². The molecule has 27 heavy (non-hydrogen) atoms. The third-order valence-electron chi connectivity index (χ3n) is 4.01. The summed E-state index contributed by atoms with van der Waals surface area (Å²) in [5, 5.41) is 9.85. The number of thioether (sulfide) groups is 1. The molecule has 0 aliphatic rings. The molecule has 3 aromatic rings. The van der Waals surface area contributed by atoms with Crippen molar-refractivity contribution in [3.05, 3.63) is 64.9 Å². The summed E-state index contributed by atoms with van der Waals surface area (Å²) < 4.78 is 13.5. The SMILES string of the molecule is CCc1cccc(OCCSc2nnc(COc3ccccc3Cl)n2C)c1. The minimum Gasteiger partial charge on any atom is -0.493 e. The van der Waals surface area contributed by atoms with Gasteiger partial charge in [0.1, 0.15) is 18.1 Å². The maximum Gasteiger partial charge on any atom is 0.191 e.